The summed E-state index contributed by atoms with van der Waals surface area (Å²) in [4.78, 5) is 42.4. The number of esters is 2. The second kappa shape index (κ2) is 27.8. The molecule has 0 aromatic rings. The summed E-state index contributed by atoms with van der Waals surface area (Å²) in [7, 11) is -4.76. The van der Waals surface area contributed by atoms with Crippen molar-refractivity contribution in [3.8, 4) is 0 Å². The summed E-state index contributed by atoms with van der Waals surface area (Å²) in [5.41, 5.74) is 0. The molecule has 0 aromatic carbocycles. The Labute approximate surface area is 260 Å². The van der Waals surface area contributed by atoms with E-state index in [1.54, 1.807) is 6.08 Å². The van der Waals surface area contributed by atoms with E-state index in [0.29, 0.717) is 19.3 Å². The number of hydrogen-bond acceptors (Lipinski definition) is 7. The van der Waals surface area contributed by atoms with E-state index in [1.807, 2.05) is 24.3 Å². The second-order valence-electron chi connectivity index (χ2n) is 11.4. The Morgan fingerprint density at radius 1 is 0.767 bits per heavy atom. The molecule has 10 heteroatoms. The molecule has 0 aliphatic rings. The lowest BCUT2D eigenvalue weighted by Gasteiger charge is -2.18. The van der Waals surface area contributed by atoms with Crippen molar-refractivity contribution in [1.82, 2.24) is 0 Å². The van der Waals surface area contributed by atoms with Gasteiger partial charge in [-0.3, -0.25) is 14.1 Å². The van der Waals surface area contributed by atoms with Crippen molar-refractivity contribution in [3.63, 3.8) is 0 Å². The minimum absolute atomic E-state index is 0.193. The lowest BCUT2D eigenvalue weighted by atomic mass is 10.0. The van der Waals surface area contributed by atoms with Crippen LogP contribution >= 0.6 is 7.82 Å². The number of ether oxygens (including phenoxy) is 2. The highest BCUT2D eigenvalue weighted by molar-refractivity contribution is 7.46. The van der Waals surface area contributed by atoms with Crippen LogP contribution in [0.5, 0.6) is 0 Å². The van der Waals surface area contributed by atoms with Gasteiger partial charge in [-0.25, -0.2) is 4.57 Å². The van der Waals surface area contributed by atoms with Gasteiger partial charge in [-0.2, -0.15) is 0 Å². The first kappa shape index (κ1) is 41.2. The Bertz CT molecular complexity index is 832. The van der Waals surface area contributed by atoms with Crippen LogP contribution in [0.25, 0.3) is 0 Å². The molecule has 2 atom stereocenters. The fraction of sp³-hybridized carbons (Fsp3) is 0.758. The Morgan fingerprint density at radius 2 is 1.37 bits per heavy atom. The highest BCUT2D eigenvalue weighted by atomic mass is 31.2. The van der Waals surface area contributed by atoms with E-state index in [4.69, 9.17) is 19.3 Å². The zero-order valence-corrected chi connectivity index (χ0v) is 27.8. The average molecular weight is 631 g/mol. The molecule has 0 aromatic heterocycles. The molecular weight excluding hydrogens is 571 g/mol. The molecule has 0 bridgehead atoms. The van der Waals surface area contributed by atoms with Gasteiger partial charge in [-0.05, 0) is 44.4 Å². The van der Waals surface area contributed by atoms with Gasteiger partial charge in [0.05, 0.1) is 12.7 Å². The molecule has 0 saturated heterocycles. The summed E-state index contributed by atoms with van der Waals surface area (Å²) >= 11 is 0. The van der Waals surface area contributed by atoms with Crippen molar-refractivity contribution in [2.45, 2.75) is 142 Å². The summed E-state index contributed by atoms with van der Waals surface area (Å²) in [6.07, 6.45) is 25.2. The number of aliphatic hydroxyl groups is 1. The van der Waals surface area contributed by atoms with Crippen LogP contribution in [0, 0.1) is 5.92 Å². The summed E-state index contributed by atoms with van der Waals surface area (Å²) in [6, 6.07) is 0. The molecular formula is C33H59O9P. The molecule has 3 N–H and O–H groups in total. The topological polar surface area (TPSA) is 140 Å². The maximum absolute atomic E-state index is 12.2. The number of phosphoric ester groups is 1. The normalized spacial score (nSPS) is 13.8. The lowest BCUT2D eigenvalue weighted by molar-refractivity contribution is -0.161. The van der Waals surface area contributed by atoms with Gasteiger partial charge >= 0.3 is 19.8 Å². The van der Waals surface area contributed by atoms with E-state index in [9.17, 15) is 19.3 Å². The Hall–Kier alpha value is -1.77. The summed E-state index contributed by atoms with van der Waals surface area (Å²) in [5, 5.41) is 9.80. The van der Waals surface area contributed by atoms with Crippen molar-refractivity contribution < 1.29 is 43.0 Å². The SMILES string of the molecule is CC/C=C/CC(O)/C=C/C=C/CCCCCCCC(=O)OC[C@H](COP(=O)(O)O)OC(=O)CCCCCCCCC(C)C. The zero-order chi connectivity index (χ0) is 32.2. The minimum Gasteiger partial charge on any atom is -0.462 e. The molecule has 0 radical (unpaired) electrons. The molecule has 0 aliphatic carbocycles. The molecule has 0 saturated carbocycles. The number of phosphoric acid groups is 1. The fourth-order valence-corrected chi connectivity index (χ4v) is 4.60. The van der Waals surface area contributed by atoms with Gasteiger partial charge in [0.25, 0.3) is 0 Å². The first-order chi connectivity index (χ1) is 20.5. The molecule has 0 aliphatic heterocycles. The summed E-state index contributed by atoms with van der Waals surface area (Å²) < 4.78 is 26.1. The van der Waals surface area contributed by atoms with Crippen LogP contribution in [-0.2, 0) is 28.2 Å². The van der Waals surface area contributed by atoms with Crippen molar-refractivity contribution in [1.29, 1.82) is 0 Å². The predicted octanol–water partition coefficient (Wildman–Crippen LogP) is 7.89. The first-order valence-electron chi connectivity index (χ1n) is 16.2. The van der Waals surface area contributed by atoms with Gasteiger partial charge in [0, 0.05) is 12.8 Å². The van der Waals surface area contributed by atoms with Crippen LogP contribution in [-0.4, -0.2) is 52.3 Å². The van der Waals surface area contributed by atoms with E-state index in [-0.39, 0.29) is 19.4 Å². The van der Waals surface area contributed by atoms with Gasteiger partial charge < -0.3 is 24.4 Å². The van der Waals surface area contributed by atoms with Crippen molar-refractivity contribution in [2.24, 2.45) is 5.92 Å². The van der Waals surface area contributed by atoms with E-state index in [2.05, 4.69) is 31.4 Å². The molecule has 0 spiro atoms. The van der Waals surface area contributed by atoms with Gasteiger partial charge in [-0.1, -0.05) is 115 Å². The van der Waals surface area contributed by atoms with Crippen LogP contribution in [0.4, 0.5) is 0 Å². The van der Waals surface area contributed by atoms with Crippen molar-refractivity contribution >= 4 is 19.8 Å². The van der Waals surface area contributed by atoms with Gasteiger partial charge in [0.1, 0.15) is 6.61 Å². The van der Waals surface area contributed by atoms with E-state index in [0.717, 1.165) is 63.7 Å². The number of carbonyl (C=O) groups excluding carboxylic acids is 2. The Morgan fingerprint density at radius 3 is 2.00 bits per heavy atom. The Kier molecular flexibility index (Phi) is 26.6. The van der Waals surface area contributed by atoms with Crippen LogP contribution in [0.15, 0.2) is 36.5 Å². The van der Waals surface area contributed by atoms with Gasteiger partial charge in [-0.15, -0.1) is 0 Å². The van der Waals surface area contributed by atoms with Crippen LogP contribution in [0.1, 0.15) is 130 Å². The van der Waals surface area contributed by atoms with Crippen LogP contribution < -0.4 is 0 Å². The van der Waals surface area contributed by atoms with Crippen LogP contribution in [0.3, 0.4) is 0 Å². The molecule has 0 rings (SSSR count). The molecule has 43 heavy (non-hydrogen) atoms. The molecule has 1 unspecified atom stereocenters. The molecule has 0 heterocycles. The number of allylic oxidation sites excluding steroid dienone is 4. The van der Waals surface area contributed by atoms with Crippen molar-refractivity contribution in [3.05, 3.63) is 36.5 Å². The maximum Gasteiger partial charge on any atom is 0.469 e. The van der Waals surface area contributed by atoms with Crippen LogP contribution in [0.2, 0.25) is 0 Å². The van der Waals surface area contributed by atoms with E-state index < -0.39 is 38.6 Å². The zero-order valence-electron chi connectivity index (χ0n) is 26.9. The summed E-state index contributed by atoms with van der Waals surface area (Å²) in [6.45, 7) is 5.63. The quantitative estimate of drug-likeness (QED) is 0.0259. The van der Waals surface area contributed by atoms with E-state index >= 15 is 0 Å². The number of rotatable bonds is 28. The van der Waals surface area contributed by atoms with Crippen molar-refractivity contribution in [2.75, 3.05) is 13.2 Å². The minimum atomic E-state index is -4.76. The highest BCUT2D eigenvalue weighted by Crippen LogP contribution is 2.35. The molecule has 250 valence electrons. The average Bonchev–Trinajstić information content (AvgIpc) is 2.94. The lowest BCUT2D eigenvalue weighted by Crippen LogP contribution is -2.29. The smallest absolute Gasteiger partial charge is 0.462 e. The number of hydrogen-bond donors (Lipinski definition) is 3. The highest BCUT2D eigenvalue weighted by Gasteiger charge is 2.22. The number of carbonyl (C=O) groups is 2. The second-order valence-corrected chi connectivity index (χ2v) is 12.7. The first-order valence-corrected chi connectivity index (χ1v) is 17.8. The molecule has 9 nitrogen and oxygen atoms in total. The summed E-state index contributed by atoms with van der Waals surface area (Å²) in [5.74, 6) is -0.227. The Balaban J connectivity index is 4.10. The third-order valence-electron chi connectivity index (χ3n) is 6.68. The third-order valence-corrected chi connectivity index (χ3v) is 7.17. The maximum atomic E-state index is 12.2. The van der Waals surface area contributed by atoms with Gasteiger partial charge in [0.15, 0.2) is 6.10 Å². The molecule has 0 amide bonds. The monoisotopic (exact) mass is 630 g/mol. The number of aliphatic hydroxyl groups excluding tert-OH is 1. The van der Waals surface area contributed by atoms with Gasteiger partial charge in [0.2, 0.25) is 0 Å². The standard InChI is InChI=1S/C33H59O9P/c1-4-5-17-23-30(34)24-19-14-9-7-6-8-10-15-20-25-32(35)40-27-31(28-41-43(37,38)39)42-33(36)26-21-16-12-11-13-18-22-29(2)3/h5,9,14,17,19,24,29-31,34H,4,6-8,10-13,15-16,18,20-23,25-28H2,1-3H3,(H2,37,38,39)/b14-9+,17-5+,24-19+/t30?,31-/m1/s1. The van der Waals surface area contributed by atoms with E-state index in [1.165, 1.54) is 19.3 Å². The number of unbranched alkanes of at least 4 members (excludes halogenated alkanes) is 10. The predicted molar refractivity (Wildman–Crippen MR) is 171 cm³/mol. The largest absolute Gasteiger partial charge is 0.469 e. The third kappa shape index (κ3) is 31.5. The fourth-order valence-electron chi connectivity index (χ4n) is 4.24. The molecule has 0 fully saturated rings.